The number of hydrogen-bond acceptors (Lipinski definition) is 3. The molecule has 0 saturated carbocycles. The van der Waals surface area contributed by atoms with Crippen molar-refractivity contribution in [3.63, 3.8) is 0 Å². The highest BCUT2D eigenvalue weighted by atomic mass is 32.2. The molecule has 0 bridgehead atoms. The number of ether oxygens (including phenoxy) is 1. The fourth-order valence-electron chi connectivity index (χ4n) is 3.30. The van der Waals surface area contributed by atoms with Crippen molar-refractivity contribution in [3.8, 4) is 0 Å². The summed E-state index contributed by atoms with van der Waals surface area (Å²) in [5.41, 5.74) is 2.12. The van der Waals surface area contributed by atoms with Gasteiger partial charge in [0.1, 0.15) is 0 Å². The smallest absolute Gasteiger partial charge is 0.224 e. The Morgan fingerprint density at radius 1 is 1.15 bits per heavy atom. The minimum atomic E-state index is 0.0418. The van der Waals surface area contributed by atoms with Crippen LogP contribution in [-0.2, 0) is 16.0 Å². The summed E-state index contributed by atoms with van der Waals surface area (Å²) in [6, 6.07) is 18.4. The third-order valence-corrected chi connectivity index (χ3v) is 5.69. The molecule has 0 aliphatic carbocycles. The molecule has 4 nitrogen and oxygen atoms in total. The summed E-state index contributed by atoms with van der Waals surface area (Å²) in [4.78, 5) is 17.2. The number of benzene rings is 2. The summed E-state index contributed by atoms with van der Waals surface area (Å²) in [5, 5.41) is 5.17. The molecular weight excluding hydrogens is 344 g/mol. The van der Waals surface area contributed by atoms with E-state index in [0.29, 0.717) is 13.0 Å². The van der Waals surface area contributed by atoms with E-state index < -0.39 is 0 Å². The molecule has 0 radical (unpaired) electrons. The Hall–Kier alpha value is -2.24. The van der Waals surface area contributed by atoms with E-state index in [1.54, 1.807) is 11.8 Å². The first-order valence-electron chi connectivity index (χ1n) is 9.00. The zero-order valence-corrected chi connectivity index (χ0v) is 15.4. The Bertz CT molecular complexity index is 885. The molecule has 0 spiro atoms. The highest BCUT2D eigenvalue weighted by Crippen LogP contribution is 2.34. The van der Waals surface area contributed by atoms with Crippen molar-refractivity contribution >= 4 is 28.6 Å². The molecule has 134 valence electrons. The third kappa shape index (κ3) is 3.94. The second-order valence-electron chi connectivity index (χ2n) is 6.51. The number of fused-ring (bicyclic) bond motifs is 1. The number of carbonyl (C=O) groups excluding carboxylic acids is 1. The first-order valence-corrected chi connectivity index (χ1v) is 9.82. The third-order valence-electron chi connectivity index (χ3n) is 4.63. The molecule has 2 heterocycles. The molecule has 0 unspecified atom stereocenters. The van der Waals surface area contributed by atoms with Crippen molar-refractivity contribution in [2.24, 2.45) is 0 Å². The van der Waals surface area contributed by atoms with Crippen LogP contribution >= 0.6 is 11.8 Å². The lowest BCUT2D eigenvalue weighted by Crippen LogP contribution is -2.32. The standard InChI is InChI=1S/C21H22N2O2S/c24-20(22-14-15-7-6-12-25-15)13-18-17-10-4-5-11-19(17)23-21(18)26-16-8-2-1-3-9-16/h1-5,8-11,15,23H,6-7,12-14H2,(H,22,24)/t15-/m0/s1. The second kappa shape index (κ2) is 7.98. The van der Waals surface area contributed by atoms with Crippen LogP contribution in [0.3, 0.4) is 0 Å². The van der Waals surface area contributed by atoms with Gasteiger partial charge in [-0.1, -0.05) is 48.2 Å². The fraction of sp³-hybridized carbons (Fsp3) is 0.286. The van der Waals surface area contributed by atoms with Gasteiger partial charge in [0.25, 0.3) is 0 Å². The van der Waals surface area contributed by atoms with E-state index >= 15 is 0 Å². The number of H-pyrrole nitrogens is 1. The van der Waals surface area contributed by atoms with E-state index in [1.807, 2.05) is 30.3 Å². The van der Waals surface area contributed by atoms with E-state index in [0.717, 1.165) is 45.8 Å². The van der Waals surface area contributed by atoms with Gasteiger partial charge in [0.15, 0.2) is 0 Å². The molecule has 1 aromatic heterocycles. The van der Waals surface area contributed by atoms with Crippen LogP contribution in [0.15, 0.2) is 64.5 Å². The van der Waals surface area contributed by atoms with Gasteiger partial charge in [-0.3, -0.25) is 4.79 Å². The monoisotopic (exact) mass is 366 g/mol. The maximum absolute atomic E-state index is 12.5. The number of carbonyl (C=O) groups is 1. The largest absolute Gasteiger partial charge is 0.376 e. The minimum Gasteiger partial charge on any atom is -0.376 e. The number of nitrogens with one attached hydrogen (secondary N) is 2. The number of amides is 1. The van der Waals surface area contributed by atoms with Gasteiger partial charge in [-0.05, 0) is 31.0 Å². The maximum Gasteiger partial charge on any atom is 0.224 e. The lowest BCUT2D eigenvalue weighted by atomic mass is 10.1. The first kappa shape index (κ1) is 17.2. The number of hydrogen-bond donors (Lipinski definition) is 2. The van der Waals surface area contributed by atoms with Crippen LogP contribution in [0.25, 0.3) is 10.9 Å². The molecule has 1 fully saturated rings. The van der Waals surface area contributed by atoms with Crippen molar-refractivity contribution in [2.45, 2.75) is 35.3 Å². The van der Waals surface area contributed by atoms with Crippen LogP contribution in [0.4, 0.5) is 0 Å². The van der Waals surface area contributed by atoms with Gasteiger partial charge in [-0.2, -0.15) is 0 Å². The van der Waals surface area contributed by atoms with Gasteiger partial charge in [-0.25, -0.2) is 0 Å². The molecule has 1 amide bonds. The van der Waals surface area contributed by atoms with Crippen LogP contribution in [-0.4, -0.2) is 30.1 Å². The average molecular weight is 366 g/mol. The summed E-state index contributed by atoms with van der Waals surface area (Å²) in [7, 11) is 0. The average Bonchev–Trinajstić information content (AvgIpc) is 3.30. The lowest BCUT2D eigenvalue weighted by molar-refractivity contribution is -0.120. The summed E-state index contributed by atoms with van der Waals surface area (Å²) in [5.74, 6) is 0.0418. The van der Waals surface area contributed by atoms with Crippen molar-refractivity contribution in [1.82, 2.24) is 10.3 Å². The SMILES string of the molecule is O=C(Cc1c(Sc2ccccc2)[nH]c2ccccc12)NC[C@@H]1CCCO1. The van der Waals surface area contributed by atoms with Crippen LogP contribution in [0.2, 0.25) is 0 Å². The topological polar surface area (TPSA) is 54.1 Å². The summed E-state index contributed by atoms with van der Waals surface area (Å²) < 4.78 is 5.59. The van der Waals surface area contributed by atoms with Gasteiger partial charge < -0.3 is 15.0 Å². The molecule has 2 aromatic carbocycles. The van der Waals surface area contributed by atoms with Gasteiger partial charge >= 0.3 is 0 Å². The molecule has 26 heavy (non-hydrogen) atoms. The van der Waals surface area contributed by atoms with Gasteiger partial charge in [0, 0.05) is 34.5 Å². The Morgan fingerprint density at radius 3 is 2.77 bits per heavy atom. The Labute approximate surface area is 157 Å². The molecule has 1 aliphatic rings. The van der Waals surface area contributed by atoms with Crippen LogP contribution in [0.5, 0.6) is 0 Å². The zero-order chi connectivity index (χ0) is 17.8. The van der Waals surface area contributed by atoms with Crippen LogP contribution < -0.4 is 5.32 Å². The Balaban J connectivity index is 1.54. The molecule has 1 aliphatic heterocycles. The summed E-state index contributed by atoms with van der Waals surface area (Å²) >= 11 is 1.67. The highest BCUT2D eigenvalue weighted by Gasteiger charge is 2.19. The summed E-state index contributed by atoms with van der Waals surface area (Å²) in [6.45, 7) is 1.41. The molecule has 2 N–H and O–H groups in total. The predicted octanol–water partition coefficient (Wildman–Crippen LogP) is 4.16. The molecule has 5 heteroatoms. The number of rotatable bonds is 6. The van der Waals surface area contributed by atoms with E-state index in [1.165, 1.54) is 0 Å². The normalized spacial score (nSPS) is 16.8. The highest BCUT2D eigenvalue weighted by molar-refractivity contribution is 7.99. The first-order chi connectivity index (χ1) is 12.8. The maximum atomic E-state index is 12.5. The van der Waals surface area contributed by atoms with Crippen LogP contribution in [0, 0.1) is 0 Å². The quantitative estimate of drug-likeness (QED) is 0.689. The molecule has 1 atom stereocenters. The summed E-state index contributed by atoms with van der Waals surface area (Å²) in [6.07, 6.45) is 2.65. The predicted molar refractivity (Wildman–Crippen MR) is 105 cm³/mol. The Morgan fingerprint density at radius 2 is 1.96 bits per heavy atom. The second-order valence-corrected chi connectivity index (χ2v) is 7.59. The van der Waals surface area contributed by atoms with Gasteiger partial charge in [0.05, 0.1) is 17.6 Å². The van der Waals surface area contributed by atoms with Crippen molar-refractivity contribution < 1.29 is 9.53 Å². The number of aromatic amines is 1. The molecular formula is C21H22N2O2S. The molecule has 4 rings (SSSR count). The number of aromatic nitrogens is 1. The van der Waals surface area contributed by atoms with E-state index in [-0.39, 0.29) is 12.0 Å². The van der Waals surface area contributed by atoms with Crippen molar-refractivity contribution in [2.75, 3.05) is 13.2 Å². The van der Waals surface area contributed by atoms with E-state index in [9.17, 15) is 4.79 Å². The fourth-order valence-corrected chi connectivity index (χ4v) is 4.30. The van der Waals surface area contributed by atoms with E-state index in [4.69, 9.17) is 4.74 Å². The van der Waals surface area contributed by atoms with E-state index in [2.05, 4.69) is 34.6 Å². The minimum absolute atomic E-state index is 0.0418. The van der Waals surface area contributed by atoms with Gasteiger partial charge in [0.2, 0.25) is 5.91 Å². The van der Waals surface area contributed by atoms with Crippen molar-refractivity contribution in [3.05, 3.63) is 60.2 Å². The van der Waals surface area contributed by atoms with Crippen molar-refractivity contribution in [1.29, 1.82) is 0 Å². The Kier molecular flexibility index (Phi) is 5.27. The van der Waals surface area contributed by atoms with Crippen LogP contribution in [0.1, 0.15) is 18.4 Å². The zero-order valence-electron chi connectivity index (χ0n) is 14.5. The van der Waals surface area contributed by atoms with Gasteiger partial charge in [-0.15, -0.1) is 0 Å². The molecule has 3 aromatic rings. The lowest BCUT2D eigenvalue weighted by Gasteiger charge is -2.11. The number of para-hydroxylation sites is 1. The molecule has 1 saturated heterocycles.